The lowest BCUT2D eigenvalue weighted by atomic mass is 10.1. The summed E-state index contributed by atoms with van der Waals surface area (Å²) in [5.41, 5.74) is 2.28. The molecular formula is C29H26N8O7. The van der Waals surface area contributed by atoms with Crippen LogP contribution in [0.4, 0.5) is 22.1 Å². The van der Waals surface area contributed by atoms with Gasteiger partial charge in [-0.1, -0.05) is 11.2 Å². The Morgan fingerprint density at radius 3 is 2.61 bits per heavy atom. The van der Waals surface area contributed by atoms with Crippen molar-refractivity contribution in [2.45, 2.75) is 20.8 Å². The van der Waals surface area contributed by atoms with Gasteiger partial charge in [0.2, 0.25) is 6.79 Å². The van der Waals surface area contributed by atoms with Crippen LogP contribution in [0.2, 0.25) is 0 Å². The number of amides is 3. The Bertz CT molecular complexity index is 1840. The average Bonchev–Trinajstić information content (AvgIpc) is 3.66. The molecule has 0 radical (unpaired) electrons. The summed E-state index contributed by atoms with van der Waals surface area (Å²) in [5, 5.41) is 13.3. The third-order valence-corrected chi connectivity index (χ3v) is 6.45. The van der Waals surface area contributed by atoms with Gasteiger partial charge in [-0.15, -0.1) is 0 Å². The summed E-state index contributed by atoms with van der Waals surface area (Å²) >= 11 is 0. The fourth-order valence-electron chi connectivity index (χ4n) is 4.31. The van der Waals surface area contributed by atoms with Crippen molar-refractivity contribution in [2.75, 3.05) is 23.6 Å². The molecule has 0 aliphatic heterocycles. The third kappa shape index (κ3) is 6.06. The number of benzene rings is 1. The molecule has 0 saturated carbocycles. The quantitative estimate of drug-likeness (QED) is 0.186. The molecule has 3 amide bonds. The van der Waals surface area contributed by atoms with Gasteiger partial charge in [-0.3, -0.25) is 14.6 Å². The first-order chi connectivity index (χ1) is 21.3. The van der Waals surface area contributed by atoms with Crippen LogP contribution in [0.25, 0.3) is 5.52 Å². The average molecular weight is 599 g/mol. The van der Waals surface area contributed by atoms with E-state index in [4.69, 9.17) is 14.0 Å². The van der Waals surface area contributed by atoms with Crippen LogP contribution in [-0.2, 0) is 9.47 Å². The molecule has 0 aliphatic carbocycles. The van der Waals surface area contributed by atoms with E-state index in [-0.39, 0.29) is 34.4 Å². The molecule has 15 heteroatoms. The summed E-state index contributed by atoms with van der Waals surface area (Å²) in [6.07, 6.45) is 5.87. The zero-order chi connectivity index (χ0) is 31.2. The minimum atomic E-state index is -0.984. The standard InChI is InChI=1S/C29H26N8O7/c1-4-31-27(39)21-14-36-24(18(21)3)25(32-15-33-36)37(29(41)43-16-42-28(40)20-6-5-10-30-13-20)22-12-19(8-7-17(22)2)26(38)34-23-9-11-44-35-23/h5-15H,4,16H2,1-3H3,(H,31,39)(H,34,35,38). The van der Waals surface area contributed by atoms with Crippen LogP contribution >= 0.6 is 0 Å². The number of hydrogen-bond donors (Lipinski definition) is 2. The maximum Gasteiger partial charge on any atom is 0.423 e. The minimum Gasteiger partial charge on any atom is -0.424 e. The Balaban J connectivity index is 1.54. The van der Waals surface area contributed by atoms with Crippen LogP contribution in [0.15, 0.2) is 72.1 Å². The van der Waals surface area contributed by atoms with Crippen molar-refractivity contribution in [3.05, 3.63) is 95.4 Å². The Labute approximate surface area is 249 Å². The molecule has 5 aromatic rings. The first-order valence-corrected chi connectivity index (χ1v) is 13.3. The highest BCUT2D eigenvalue weighted by Gasteiger charge is 2.29. The highest BCUT2D eigenvalue weighted by atomic mass is 16.7. The second-order valence-electron chi connectivity index (χ2n) is 9.28. The maximum atomic E-state index is 13.8. The summed E-state index contributed by atoms with van der Waals surface area (Å²) in [5.74, 6) is -1.36. The van der Waals surface area contributed by atoms with Gasteiger partial charge in [0.15, 0.2) is 11.6 Å². The normalized spacial score (nSPS) is 10.7. The topological polar surface area (TPSA) is 183 Å². The summed E-state index contributed by atoms with van der Waals surface area (Å²) in [6, 6.07) is 9.21. The molecule has 5 rings (SSSR count). The molecule has 4 heterocycles. The molecular weight excluding hydrogens is 572 g/mol. The van der Waals surface area contributed by atoms with Crippen molar-refractivity contribution in [1.29, 1.82) is 0 Å². The minimum absolute atomic E-state index is 0.0498. The van der Waals surface area contributed by atoms with Crippen molar-refractivity contribution in [3.63, 3.8) is 0 Å². The van der Waals surface area contributed by atoms with Crippen LogP contribution in [0.3, 0.4) is 0 Å². The number of hydrogen-bond acceptors (Lipinski definition) is 11. The number of carbonyl (C=O) groups excluding carboxylic acids is 4. The molecule has 0 spiro atoms. The summed E-state index contributed by atoms with van der Waals surface area (Å²) in [4.78, 5) is 61.3. The molecule has 0 unspecified atom stereocenters. The number of carbonyl (C=O) groups is 4. The first kappa shape index (κ1) is 29.4. The molecule has 0 fully saturated rings. The molecule has 4 aromatic heterocycles. The number of pyridine rings is 1. The molecule has 0 atom stereocenters. The van der Waals surface area contributed by atoms with E-state index in [1.54, 1.807) is 39.0 Å². The highest BCUT2D eigenvalue weighted by Crippen LogP contribution is 2.34. The van der Waals surface area contributed by atoms with Crippen molar-refractivity contribution in [1.82, 2.24) is 30.1 Å². The Morgan fingerprint density at radius 2 is 1.89 bits per heavy atom. The van der Waals surface area contributed by atoms with Crippen LogP contribution < -0.4 is 15.5 Å². The smallest absolute Gasteiger partial charge is 0.423 e. The Kier molecular flexibility index (Phi) is 8.55. The SMILES string of the molecule is CCNC(=O)c1cn2ncnc(N(C(=O)OCOC(=O)c3cccnc3)c3cc(C(=O)Nc4ccon4)ccc3C)c2c1C. The number of fused-ring (bicyclic) bond motifs is 1. The number of aryl methyl sites for hydroxylation is 2. The largest absolute Gasteiger partial charge is 0.424 e. The van der Waals surface area contributed by atoms with Gasteiger partial charge in [0, 0.05) is 36.8 Å². The van der Waals surface area contributed by atoms with Crippen LogP contribution in [0, 0.1) is 13.8 Å². The van der Waals surface area contributed by atoms with Gasteiger partial charge < -0.3 is 24.6 Å². The van der Waals surface area contributed by atoms with E-state index >= 15 is 0 Å². The van der Waals surface area contributed by atoms with Crippen LogP contribution in [0.5, 0.6) is 0 Å². The highest BCUT2D eigenvalue weighted by molar-refractivity contribution is 6.07. The van der Waals surface area contributed by atoms with Gasteiger partial charge in [-0.25, -0.2) is 24.0 Å². The number of anilines is 3. The summed E-state index contributed by atoms with van der Waals surface area (Å²) < 4.78 is 16.7. The lowest BCUT2D eigenvalue weighted by Gasteiger charge is -2.24. The van der Waals surface area contributed by atoms with E-state index in [1.165, 1.54) is 53.9 Å². The molecule has 1 aromatic carbocycles. The fourth-order valence-corrected chi connectivity index (χ4v) is 4.31. The zero-order valence-electron chi connectivity index (χ0n) is 23.8. The van der Waals surface area contributed by atoms with Crippen molar-refractivity contribution >= 4 is 46.7 Å². The lowest BCUT2D eigenvalue weighted by molar-refractivity contribution is -0.000109. The Morgan fingerprint density at radius 1 is 1.05 bits per heavy atom. The van der Waals surface area contributed by atoms with Gasteiger partial charge in [0.1, 0.15) is 18.1 Å². The molecule has 15 nitrogen and oxygen atoms in total. The van der Waals surface area contributed by atoms with E-state index < -0.39 is 24.8 Å². The second-order valence-corrected chi connectivity index (χ2v) is 9.28. The van der Waals surface area contributed by atoms with Gasteiger partial charge in [-0.2, -0.15) is 5.10 Å². The predicted molar refractivity (Wildman–Crippen MR) is 155 cm³/mol. The zero-order valence-corrected chi connectivity index (χ0v) is 23.8. The molecule has 44 heavy (non-hydrogen) atoms. The number of rotatable bonds is 9. The Hall–Kier alpha value is -6.12. The van der Waals surface area contributed by atoms with E-state index in [0.29, 0.717) is 28.8 Å². The van der Waals surface area contributed by atoms with Crippen LogP contribution in [-0.4, -0.2) is 62.0 Å². The summed E-state index contributed by atoms with van der Waals surface area (Å²) in [7, 11) is 0. The number of nitrogens with one attached hydrogen (secondary N) is 2. The molecule has 0 aliphatic rings. The fraction of sp³-hybridized carbons (Fsp3) is 0.172. The van der Waals surface area contributed by atoms with Crippen molar-refractivity contribution in [2.24, 2.45) is 0 Å². The van der Waals surface area contributed by atoms with Crippen molar-refractivity contribution in [3.8, 4) is 0 Å². The molecule has 0 bridgehead atoms. The van der Waals surface area contributed by atoms with Gasteiger partial charge >= 0.3 is 12.1 Å². The number of ether oxygens (including phenoxy) is 2. The number of esters is 1. The van der Waals surface area contributed by atoms with E-state index in [2.05, 4.69) is 30.9 Å². The van der Waals surface area contributed by atoms with Gasteiger partial charge in [-0.05, 0) is 56.2 Å². The molecule has 224 valence electrons. The van der Waals surface area contributed by atoms with E-state index in [9.17, 15) is 19.2 Å². The monoisotopic (exact) mass is 598 g/mol. The van der Waals surface area contributed by atoms with Gasteiger partial charge in [0.25, 0.3) is 11.8 Å². The molecule has 0 saturated heterocycles. The first-order valence-electron chi connectivity index (χ1n) is 13.3. The number of aromatic nitrogens is 5. The van der Waals surface area contributed by atoms with Gasteiger partial charge in [0.05, 0.1) is 16.8 Å². The second kappa shape index (κ2) is 12.8. The predicted octanol–water partition coefficient (Wildman–Crippen LogP) is 3.82. The molecule has 2 N–H and O–H groups in total. The number of nitrogens with zero attached hydrogens (tertiary/aromatic N) is 6. The van der Waals surface area contributed by atoms with Crippen molar-refractivity contribution < 1.29 is 33.2 Å². The van der Waals surface area contributed by atoms with Crippen LogP contribution in [0.1, 0.15) is 49.1 Å². The van der Waals surface area contributed by atoms with E-state index in [0.717, 1.165) is 4.90 Å². The maximum absolute atomic E-state index is 13.8. The summed E-state index contributed by atoms with van der Waals surface area (Å²) in [6.45, 7) is 4.88. The van der Waals surface area contributed by atoms with E-state index in [1.807, 2.05) is 0 Å². The third-order valence-electron chi connectivity index (χ3n) is 6.45. The lowest BCUT2D eigenvalue weighted by Crippen LogP contribution is -2.30.